The lowest BCUT2D eigenvalue weighted by Gasteiger charge is -2.20. The second kappa shape index (κ2) is 7.35. The molecule has 0 aliphatic carbocycles. The first-order valence-electron chi connectivity index (χ1n) is 7.31. The maximum absolute atomic E-state index is 12.7. The van der Waals surface area contributed by atoms with Gasteiger partial charge in [0.2, 0.25) is 0 Å². The highest BCUT2D eigenvalue weighted by Gasteiger charge is 2.21. The Bertz CT molecular complexity index is 610. The van der Waals surface area contributed by atoms with Crippen LogP contribution in [0.5, 0.6) is 0 Å². The quantitative estimate of drug-likeness (QED) is 0.889. The molecule has 0 bridgehead atoms. The Balaban J connectivity index is 2.22. The van der Waals surface area contributed by atoms with Crippen LogP contribution in [0.25, 0.3) is 0 Å². The zero-order valence-corrected chi connectivity index (χ0v) is 14.2. The summed E-state index contributed by atoms with van der Waals surface area (Å²) in [5, 5.41) is 5.98. The zero-order valence-electron chi connectivity index (χ0n) is 13.4. The fourth-order valence-electron chi connectivity index (χ4n) is 2.27. The fraction of sp³-hybridized carbons (Fsp3) is 0.438. The summed E-state index contributed by atoms with van der Waals surface area (Å²) in [6.45, 7) is 4.28. The van der Waals surface area contributed by atoms with E-state index in [-0.39, 0.29) is 11.9 Å². The maximum atomic E-state index is 12.7. The number of hydrogen-bond acceptors (Lipinski definition) is 5. The van der Waals surface area contributed by atoms with E-state index in [1.165, 1.54) is 0 Å². The predicted molar refractivity (Wildman–Crippen MR) is 90.3 cm³/mol. The first kappa shape index (κ1) is 16.4. The van der Waals surface area contributed by atoms with Crippen molar-refractivity contribution < 1.29 is 4.79 Å². The third kappa shape index (κ3) is 4.04. The van der Waals surface area contributed by atoms with E-state index < -0.39 is 0 Å². The number of rotatable bonds is 6. The predicted octanol–water partition coefficient (Wildman–Crippen LogP) is 3.12. The number of carbonyl (C=O) groups excluding carboxylic acids is 1. The molecule has 0 aliphatic heterocycles. The van der Waals surface area contributed by atoms with Crippen molar-refractivity contribution in [2.75, 3.05) is 19.0 Å². The highest BCUT2D eigenvalue weighted by atomic mass is 32.1. The topological polar surface area (TPSA) is 58.1 Å². The minimum Gasteiger partial charge on any atom is -0.362 e. The number of anilines is 1. The normalized spacial score (nSPS) is 12.2. The maximum Gasteiger partial charge on any atom is 0.255 e. The van der Waals surface area contributed by atoms with Crippen molar-refractivity contribution in [2.45, 2.75) is 26.3 Å². The lowest BCUT2D eigenvalue weighted by molar-refractivity contribution is 0.0932. The van der Waals surface area contributed by atoms with Gasteiger partial charge in [0.15, 0.2) is 0 Å². The summed E-state index contributed by atoms with van der Waals surface area (Å²) in [6.07, 6.45) is 4.32. The Hall–Kier alpha value is -1.95. The molecule has 0 aliphatic rings. The average Bonchev–Trinajstić information content (AvgIpc) is 3.00. The molecule has 1 unspecified atom stereocenters. The first-order valence-corrected chi connectivity index (χ1v) is 8.19. The van der Waals surface area contributed by atoms with Crippen molar-refractivity contribution in [2.24, 2.45) is 5.92 Å². The van der Waals surface area contributed by atoms with Gasteiger partial charge in [0.05, 0.1) is 11.6 Å². The van der Waals surface area contributed by atoms with Crippen LogP contribution in [0.1, 0.15) is 41.7 Å². The van der Waals surface area contributed by atoms with Gasteiger partial charge >= 0.3 is 0 Å². The summed E-state index contributed by atoms with van der Waals surface area (Å²) in [5.74, 6) is 1.02. The second-order valence-electron chi connectivity index (χ2n) is 5.79. The Morgan fingerprint density at radius 2 is 2.09 bits per heavy atom. The number of nitrogens with one attached hydrogen (secondary N) is 1. The van der Waals surface area contributed by atoms with E-state index in [4.69, 9.17) is 0 Å². The number of nitrogens with zero attached hydrogens (tertiary/aromatic N) is 3. The summed E-state index contributed by atoms with van der Waals surface area (Å²) < 4.78 is 0. The Labute approximate surface area is 135 Å². The molecule has 118 valence electrons. The molecule has 6 heteroatoms. The van der Waals surface area contributed by atoms with Crippen LogP contribution in [0, 0.1) is 5.92 Å². The van der Waals surface area contributed by atoms with Gasteiger partial charge < -0.3 is 10.2 Å². The molecule has 0 aromatic carbocycles. The molecule has 0 saturated heterocycles. The standard InChI is InChI=1S/C16H22N4OS/c1-11(2)10-13(16-18-8-9-22-16)19-15(21)12-6-5-7-17-14(12)20(3)4/h5-9,11,13H,10H2,1-4H3,(H,19,21). The van der Waals surface area contributed by atoms with Crippen molar-refractivity contribution in [1.82, 2.24) is 15.3 Å². The van der Waals surface area contributed by atoms with Gasteiger partial charge in [0.1, 0.15) is 10.8 Å². The van der Waals surface area contributed by atoms with Gasteiger partial charge in [-0.2, -0.15) is 0 Å². The van der Waals surface area contributed by atoms with E-state index in [2.05, 4.69) is 29.1 Å². The number of aromatic nitrogens is 2. The zero-order chi connectivity index (χ0) is 16.1. The largest absolute Gasteiger partial charge is 0.362 e. The minimum atomic E-state index is -0.113. The SMILES string of the molecule is CC(C)CC(NC(=O)c1cccnc1N(C)C)c1nccs1. The van der Waals surface area contributed by atoms with Crippen LogP contribution in [0.2, 0.25) is 0 Å². The summed E-state index contributed by atoms with van der Waals surface area (Å²) in [4.78, 5) is 23.1. The van der Waals surface area contributed by atoms with Crippen LogP contribution in [0.15, 0.2) is 29.9 Å². The van der Waals surface area contributed by atoms with Gasteiger partial charge in [-0.05, 0) is 24.5 Å². The van der Waals surface area contributed by atoms with Crippen molar-refractivity contribution >= 4 is 23.1 Å². The van der Waals surface area contributed by atoms with Crippen molar-refractivity contribution in [3.63, 3.8) is 0 Å². The van der Waals surface area contributed by atoms with Crippen molar-refractivity contribution in [1.29, 1.82) is 0 Å². The van der Waals surface area contributed by atoms with Crippen LogP contribution >= 0.6 is 11.3 Å². The second-order valence-corrected chi connectivity index (χ2v) is 6.72. The van der Waals surface area contributed by atoms with E-state index in [1.54, 1.807) is 35.9 Å². The van der Waals surface area contributed by atoms with E-state index in [9.17, 15) is 4.79 Å². The molecule has 0 radical (unpaired) electrons. The van der Waals surface area contributed by atoms with E-state index >= 15 is 0 Å². The van der Waals surface area contributed by atoms with Gasteiger partial charge in [-0.25, -0.2) is 9.97 Å². The van der Waals surface area contributed by atoms with Crippen LogP contribution in [0.3, 0.4) is 0 Å². The molecule has 0 fully saturated rings. The van der Waals surface area contributed by atoms with Gasteiger partial charge in [-0.15, -0.1) is 11.3 Å². The summed E-state index contributed by atoms with van der Waals surface area (Å²) >= 11 is 1.57. The molecule has 1 amide bonds. The summed E-state index contributed by atoms with van der Waals surface area (Å²) in [6, 6.07) is 3.51. The van der Waals surface area contributed by atoms with Crippen LogP contribution < -0.4 is 10.2 Å². The average molecular weight is 318 g/mol. The lowest BCUT2D eigenvalue weighted by atomic mass is 10.0. The number of carbonyl (C=O) groups is 1. The molecular formula is C16H22N4OS. The Morgan fingerprint density at radius 3 is 2.68 bits per heavy atom. The Kier molecular flexibility index (Phi) is 5.49. The molecule has 1 N–H and O–H groups in total. The molecule has 2 aromatic heterocycles. The molecule has 1 atom stereocenters. The molecule has 5 nitrogen and oxygen atoms in total. The van der Waals surface area contributed by atoms with E-state index in [0.29, 0.717) is 17.3 Å². The minimum absolute atomic E-state index is 0.0669. The van der Waals surface area contributed by atoms with Crippen LogP contribution in [-0.4, -0.2) is 30.0 Å². The highest BCUT2D eigenvalue weighted by Crippen LogP contribution is 2.24. The Morgan fingerprint density at radius 1 is 1.32 bits per heavy atom. The first-order chi connectivity index (χ1) is 10.5. The van der Waals surface area contributed by atoms with Gasteiger partial charge in [-0.1, -0.05) is 13.8 Å². The van der Waals surface area contributed by atoms with E-state index in [1.807, 2.05) is 24.4 Å². The molecule has 2 aromatic rings. The van der Waals surface area contributed by atoms with Crippen LogP contribution in [0.4, 0.5) is 5.82 Å². The summed E-state index contributed by atoms with van der Waals surface area (Å²) in [7, 11) is 3.76. The number of thiazole rings is 1. The van der Waals surface area contributed by atoms with Crippen LogP contribution in [-0.2, 0) is 0 Å². The smallest absolute Gasteiger partial charge is 0.255 e. The van der Waals surface area contributed by atoms with Gasteiger partial charge in [0, 0.05) is 31.9 Å². The van der Waals surface area contributed by atoms with Crippen molar-refractivity contribution in [3.05, 3.63) is 40.5 Å². The molecular weight excluding hydrogens is 296 g/mol. The monoisotopic (exact) mass is 318 g/mol. The molecule has 0 spiro atoms. The summed E-state index contributed by atoms with van der Waals surface area (Å²) in [5.41, 5.74) is 0.581. The lowest BCUT2D eigenvalue weighted by Crippen LogP contribution is -2.31. The third-order valence-electron chi connectivity index (χ3n) is 3.22. The van der Waals surface area contributed by atoms with E-state index in [0.717, 1.165) is 11.4 Å². The van der Waals surface area contributed by atoms with Gasteiger partial charge in [0.25, 0.3) is 5.91 Å². The highest BCUT2D eigenvalue weighted by molar-refractivity contribution is 7.09. The van der Waals surface area contributed by atoms with Crippen molar-refractivity contribution in [3.8, 4) is 0 Å². The number of amides is 1. The molecule has 22 heavy (non-hydrogen) atoms. The third-order valence-corrected chi connectivity index (χ3v) is 4.11. The molecule has 2 rings (SSSR count). The number of hydrogen-bond donors (Lipinski definition) is 1. The molecule has 0 saturated carbocycles. The fourth-order valence-corrected chi connectivity index (χ4v) is 2.97. The number of pyridine rings is 1. The molecule has 2 heterocycles. The van der Waals surface area contributed by atoms with Gasteiger partial charge in [-0.3, -0.25) is 4.79 Å².